The standard InChI is InChI=1S/C9H11N3OS/c1-2-3-6-9(13)12-8(11-6)7-4-10-5-14-7/h4-6H,2-3H2,1H3,(H,11,12,13). The number of nitrogens with zero attached hydrogens (tertiary/aromatic N) is 2. The first-order valence-corrected chi connectivity index (χ1v) is 5.46. The van der Waals surface area contributed by atoms with E-state index >= 15 is 0 Å². The number of hydrogen-bond donors (Lipinski definition) is 1. The van der Waals surface area contributed by atoms with Crippen LogP contribution in [0.1, 0.15) is 24.6 Å². The van der Waals surface area contributed by atoms with Gasteiger partial charge < -0.3 is 5.32 Å². The highest BCUT2D eigenvalue weighted by Gasteiger charge is 2.26. The van der Waals surface area contributed by atoms with E-state index in [4.69, 9.17) is 0 Å². The molecule has 1 atom stereocenters. The first-order chi connectivity index (χ1) is 6.81. The molecule has 0 fully saturated rings. The molecule has 1 aromatic rings. The first kappa shape index (κ1) is 9.33. The molecule has 2 rings (SSSR count). The average Bonchev–Trinajstić information content (AvgIpc) is 2.76. The molecule has 1 aromatic heterocycles. The van der Waals surface area contributed by atoms with Gasteiger partial charge in [-0.05, 0) is 6.42 Å². The molecule has 0 aromatic carbocycles. The highest BCUT2D eigenvalue weighted by Crippen LogP contribution is 2.14. The number of thiazole rings is 1. The Morgan fingerprint density at radius 3 is 3.14 bits per heavy atom. The van der Waals surface area contributed by atoms with E-state index in [0.29, 0.717) is 5.84 Å². The first-order valence-electron chi connectivity index (χ1n) is 4.58. The zero-order valence-corrected chi connectivity index (χ0v) is 8.67. The van der Waals surface area contributed by atoms with E-state index in [1.54, 1.807) is 11.7 Å². The number of aliphatic imine (C=N–C) groups is 1. The molecule has 0 bridgehead atoms. The van der Waals surface area contributed by atoms with Crippen LogP contribution in [0.3, 0.4) is 0 Å². The molecule has 1 aliphatic rings. The summed E-state index contributed by atoms with van der Waals surface area (Å²) in [6.07, 6.45) is 3.50. The quantitative estimate of drug-likeness (QED) is 0.813. The molecule has 1 N–H and O–H groups in total. The highest BCUT2D eigenvalue weighted by molar-refractivity contribution is 7.11. The van der Waals surface area contributed by atoms with Crippen LogP contribution in [0.4, 0.5) is 0 Å². The van der Waals surface area contributed by atoms with Crippen molar-refractivity contribution in [2.45, 2.75) is 25.8 Å². The summed E-state index contributed by atoms with van der Waals surface area (Å²) < 4.78 is 0. The average molecular weight is 209 g/mol. The Kier molecular flexibility index (Phi) is 2.58. The van der Waals surface area contributed by atoms with Crippen molar-refractivity contribution in [3.8, 4) is 0 Å². The third-order valence-corrected chi connectivity index (χ3v) is 2.84. The molecule has 4 nitrogen and oxygen atoms in total. The third-order valence-electron chi connectivity index (χ3n) is 2.06. The fourth-order valence-corrected chi connectivity index (χ4v) is 1.95. The van der Waals surface area contributed by atoms with Crippen LogP contribution in [0.25, 0.3) is 0 Å². The van der Waals surface area contributed by atoms with Gasteiger partial charge in [0.15, 0.2) is 0 Å². The van der Waals surface area contributed by atoms with Crippen LogP contribution in [0.2, 0.25) is 0 Å². The van der Waals surface area contributed by atoms with Gasteiger partial charge in [-0.15, -0.1) is 11.3 Å². The van der Waals surface area contributed by atoms with Gasteiger partial charge in [-0.3, -0.25) is 14.8 Å². The summed E-state index contributed by atoms with van der Waals surface area (Å²) in [6, 6.07) is -0.197. The molecule has 0 saturated heterocycles. The smallest absolute Gasteiger partial charge is 0.250 e. The minimum absolute atomic E-state index is 0.00949. The van der Waals surface area contributed by atoms with E-state index in [1.165, 1.54) is 11.3 Å². The van der Waals surface area contributed by atoms with Gasteiger partial charge in [0.25, 0.3) is 0 Å². The van der Waals surface area contributed by atoms with Gasteiger partial charge in [0.05, 0.1) is 10.4 Å². The van der Waals surface area contributed by atoms with Crippen LogP contribution < -0.4 is 5.32 Å². The van der Waals surface area contributed by atoms with Crippen molar-refractivity contribution in [1.82, 2.24) is 10.3 Å². The molecule has 14 heavy (non-hydrogen) atoms. The second-order valence-electron chi connectivity index (χ2n) is 3.14. The van der Waals surface area contributed by atoms with E-state index in [0.717, 1.165) is 17.7 Å². The normalized spacial score (nSPS) is 20.8. The van der Waals surface area contributed by atoms with Crippen molar-refractivity contribution in [3.63, 3.8) is 0 Å². The SMILES string of the molecule is CCCC1N=C(c2cncs2)NC1=O. The summed E-state index contributed by atoms with van der Waals surface area (Å²) in [4.78, 5) is 20.6. The van der Waals surface area contributed by atoms with Crippen LogP contribution in [0.15, 0.2) is 16.7 Å². The maximum atomic E-state index is 11.4. The zero-order chi connectivity index (χ0) is 9.97. The Hall–Kier alpha value is -1.23. The van der Waals surface area contributed by atoms with Crippen molar-refractivity contribution in [3.05, 3.63) is 16.6 Å². The van der Waals surface area contributed by atoms with E-state index in [2.05, 4.69) is 15.3 Å². The van der Waals surface area contributed by atoms with E-state index in [-0.39, 0.29) is 11.9 Å². The molecule has 5 heteroatoms. The second kappa shape index (κ2) is 3.88. The third kappa shape index (κ3) is 1.68. The van der Waals surface area contributed by atoms with E-state index in [1.807, 2.05) is 6.92 Å². The summed E-state index contributed by atoms with van der Waals surface area (Å²) in [5, 5.41) is 2.77. The maximum Gasteiger partial charge on any atom is 0.250 e. The van der Waals surface area contributed by atoms with Crippen LogP contribution in [0, 0.1) is 0 Å². The summed E-state index contributed by atoms with van der Waals surface area (Å²) in [6.45, 7) is 2.05. The van der Waals surface area contributed by atoms with E-state index in [9.17, 15) is 4.79 Å². The molecular weight excluding hydrogens is 198 g/mol. The molecule has 0 saturated carbocycles. The Morgan fingerprint density at radius 1 is 1.64 bits per heavy atom. The summed E-state index contributed by atoms with van der Waals surface area (Å²) in [7, 11) is 0. The molecule has 74 valence electrons. The van der Waals surface area contributed by atoms with Gasteiger partial charge >= 0.3 is 0 Å². The van der Waals surface area contributed by atoms with Crippen LogP contribution >= 0.6 is 11.3 Å². The fraction of sp³-hybridized carbons (Fsp3) is 0.444. The van der Waals surface area contributed by atoms with Crippen LogP contribution in [-0.4, -0.2) is 22.8 Å². The number of carbonyl (C=O) groups is 1. The topological polar surface area (TPSA) is 54.4 Å². The number of nitrogens with one attached hydrogen (secondary N) is 1. The minimum Gasteiger partial charge on any atom is -0.308 e. The molecule has 1 aliphatic heterocycles. The molecule has 0 aliphatic carbocycles. The lowest BCUT2D eigenvalue weighted by atomic mass is 10.2. The molecular formula is C9H11N3OS. The van der Waals surface area contributed by atoms with Gasteiger partial charge in [0.1, 0.15) is 11.9 Å². The van der Waals surface area contributed by atoms with Gasteiger partial charge in [0.2, 0.25) is 5.91 Å². The molecule has 0 spiro atoms. The number of amides is 1. The molecule has 1 unspecified atom stereocenters. The Labute approximate surface area is 86.1 Å². The predicted octanol–water partition coefficient (Wildman–Crippen LogP) is 1.19. The Morgan fingerprint density at radius 2 is 2.50 bits per heavy atom. The Bertz CT molecular complexity index is 358. The Balaban J connectivity index is 2.16. The summed E-state index contributed by atoms with van der Waals surface area (Å²) in [5.74, 6) is 0.686. The second-order valence-corrected chi connectivity index (χ2v) is 4.02. The zero-order valence-electron chi connectivity index (χ0n) is 7.86. The van der Waals surface area contributed by atoms with Crippen LogP contribution in [0.5, 0.6) is 0 Å². The molecule has 2 heterocycles. The number of rotatable bonds is 3. The van der Waals surface area contributed by atoms with Crippen molar-refractivity contribution >= 4 is 23.1 Å². The predicted molar refractivity (Wildman–Crippen MR) is 55.5 cm³/mol. The number of carbonyl (C=O) groups excluding carboxylic acids is 1. The summed E-state index contributed by atoms with van der Waals surface area (Å²) in [5.41, 5.74) is 1.73. The van der Waals surface area contributed by atoms with Crippen molar-refractivity contribution < 1.29 is 4.79 Å². The van der Waals surface area contributed by atoms with Gasteiger partial charge in [-0.25, -0.2) is 0 Å². The number of aromatic nitrogens is 1. The van der Waals surface area contributed by atoms with Crippen LogP contribution in [-0.2, 0) is 4.79 Å². The van der Waals surface area contributed by atoms with Gasteiger partial charge in [-0.1, -0.05) is 13.3 Å². The van der Waals surface area contributed by atoms with Crippen molar-refractivity contribution in [2.24, 2.45) is 4.99 Å². The van der Waals surface area contributed by atoms with Gasteiger partial charge in [0, 0.05) is 6.20 Å². The number of amidine groups is 1. The largest absolute Gasteiger partial charge is 0.308 e. The van der Waals surface area contributed by atoms with E-state index < -0.39 is 0 Å². The fourth-order valence-electron chi connectivity index (χ4n) is 1.37. The monoisotopic (exact) mass is 209 g/mol. The van der Waals surface area contributed by atoms with Crippen molar-refractivity contribution in [2.75, 3.05) is 0 Å². The minimum atomic E-state index is -0.197. The maximum absolute atomic E-state index is 11.4. The lowest BCUT2D eigenvalue weighted by Gasteiger charge is -1.99. The lowest BCUT2D eigenvalue weighted by Crippen LogP contribution is -2.28. The molecule has 0 radical (unpaired) electrons. The number of hydrogen-bond acceptors (Lipinski definition) is 4. The molecule has 1 amide bonds. The lowest BCUT2D eigenvalue weighted by molar-refractivity contribution is -0.120. The summed E-state index contributed by atoms with van der Waals surface area (Å²) >= 11 is 1.49. The highest BCUT2D eigenvalue weighted by atomic mass is 32.1. The van der Waals surface area contributed by atoms with Crippen molar-refractivity contribution in [1.29, 1.82) is 0 Å². The van der Waals surface area contributed by atoms with Gasteiger partial charge in [-0.2, -0.15) is 0 Å².